The Hall–Kier alpha value is -2.70. The fraction of sp³-hybridized carbons (Fsp3) is 0.333. The van der Waals surface area contributed by atoms with E-state index in [1.807, 2.05) is 30.3 Å². The largest absolute Gasteiger partial charge is 0.352 e. The summed E-state index contributed by atoms with van der Waals surface area (Å²) < 4.78 is 0. The standard InChI is InChI=1S/C15H16N2O5/c18-12(7-6-11-4-2-1-3-5-11)16-10-15(21)22-17-13(19)8-9-14(17)20/h1-5H,6-10H2,(H,16,18). The monoisotopic (exact) mass is 304 g/mol. The minimum atomic E-state index is -0.850. The molecule has 1 heterocycles. The highest BCUT2D eigenvalue weighted by Gasteiger charge is 2.32. The molecule has 0 atom stereocenters. The SMILES string of the molecule is O=C(CCc1ccccc1)NCC(=O)ON1C(=O)CCC1=O. The molecule has 1 N–H and O–H groups in total. The average Bonchev–Trinajstić information content (AvgIpc) is 2.84. The Morgan fingerprint density at radius 3 is 2.36 bits per heavy atom. The molecule has 22 heavy (non-hydrogen) atoms. The van der Waals surface area contributed by atoms with E-state index in [2.05, 4.69) is 10.2 Å². The Morgan fingerprint density at radius 1 is 1.09 bits per heavy atom. The van der Waals surface area contributed by atoms with Gasteiger partial charge in [-0.1, -0.05) is 30.3 Å². The molecular formula is C15H16N2O5. The van der Waals surface area contributed by atoms with Gasteiger partial charge in [0.15, 0.2) is 0 Å². The summed E-state index contributed by atoms with van der Waals surface area (Å²) in [6.07, 6.45) is 0.870. The normalized spacial score (nSPS) is 14.1. The van der Waals surface area contributed by atoms with Gasteiger partial charge < -0.3 is 10.2 Å². The molecule has 7 nitrogen and oxygen atoms in total. The highest BCUT2D eigenvalue weighted by atomic mass is 16.7. The molecule has 116 valence electrons. The van der Waals surface area contributed by atoms with Gasteiger partial charge in [0, 0.05) is 19.3 Å². The van der Waals surface area contributed by atoms with Crippen LogP contribution in [0.1, 0.15) is 24.8 Å². The summed E-state index contributed by atoms with van der Waals surface area (Å²) in [4.78, 5) is 50.3. The van der Waals surface area contributed by atoms with E-state index in [1.54, 1.807) is 0 Å². The van der Waals surface area contributed by atoms with Gasteiger partial charge in [-0.3, -0.25) is 14.4 Å². The van der Waals surface area contributed by atoms with Crippen molar-refractivity contribution in [3.63, 3.8) is 0 Å². The summed E-state index contributed by atoms with van der Waals surface area (Å²) in [6.45, 7) is -0.384. The first kappa shape index (κ1) is 15.7. The number of nitrogens with one attached hydrogen (secondary N) is 1. The van der Waals surface area contributed by atoms with E-state index in [4.69, 9.17) is 0 Å². The number of benzene rings is 1. The Balaban J connectivity index is 1.68. The van der Waals surface area contributed by atoms with Gasteiger partial charge in [0.25, 0.3) is 11.8 Å². The summed E-state index contributed by atoms with van der Waals surface area (Å²) in [7, 11) is 0. The van der Waals surface area contributed by atoms with Crippen LogP contribution in [-0.4, -0.2) is 35.3 Å². The number of hydrogen-bond donors (Lipinski definition) is 1. The quantitative estimate of drug-likeness (QED) is 0.765. The Morgan fingerprint density at radius 2 is 1.73 bits per heavy atom. The molecule has 1 aliphatic rings. The van der Waals surface area contributed by atoms with Crippen molar-refractivity contribution in [3.8, 4) is 0 Å². The third-order valence-electron chi connectivity index (χ3n) is 3.11. The molecule has 3 amide bonds. The second-order valence-electron chi connectivity index (χ2n) is 4.81. The van der Waals surface area contributed by atoms with Gasteiger partial charge in [0.1, 0.15) is 6.54 Å². The molecule has 1 saturated heterocycles. The van der Waals surface area contributed by atoms with Crippen molar-refractivity contribution in [2.24, 2.45) is 0 Å². The van der Waals surface area contributed by atoms with Gasteiger partial charge in [-0.15, -0.1) is 5.06 Å². The maximum absolute atomic E-state index is 11.6. The van der Waals surface area contributed by atoms with E-state index in [9.17, 15) is 19.2 Å². The molecule has 7 heteroatoms. The third kappa shape index (κ3) is 4.41. The molecular weight excluding hydrogens is 288 g/mol. The number of carbonyl (C=O) groups excluding carboxylic acids is 4. The van der Waals surface area contributed by atoms with Gasteiger partial charge in [0.05, 0.1) is 0 Å². The van der Waals surface area contributed by atoms with Crippen LogP contribution in [0, 0.1) is 0 Å². The van der Waals surface area contributed by atoms with E-state index in [1.165, 1.54) is 0 Å². The maximum Gasteiger partial charge on any atom is 0.352 e. The van der Waals surface area contributed by atoms with Crippen molar-refractivity contribution >= 4 is 23.7 Å². The Bertz CT molecular complexity index is 569. The molecule has 0 aromatic heterocycles. The molecule has 2 rings (SSSR count). The molecule has 1 aromatic carbocycles. The molecule has 1 aliphatic heterocycles. The number of hydrogen-bond acceptors (Lipinski definition) is 5. The number of aryl methyl sites for hydroxylation is 1. The lowest BCUT2D eigenvalue weighted by Gasteiger charge is -2.12. The second kappa shape index (κ2) is 7.35. The summed E-state index contributed by atoms with van der Waals surface area (Å²) in [6, 6.07) is 9.47. The first-order valence-corrected chi connectivity index (χ1v) is 6.93. The highest BCUT2D eigenvalue weighted by molar-refractivity contribution is 6.01. The van der Waals surface area contributed by atoms with Crippen molar-refractivity contribution < 1.29 is 24.0 Å². The van der Waals surface area contributed by atoms with Crippen LogP contribution in [-0.2, 0) is 30.4 Å². The van der Waals surface area contributed by atoms with Gasteiger partial charge in [-0.2, -0.15) is 0 Å². The van der Waals surface area contributed by atoms with Crippen LogP contribution < -0.4 is 5.32 Å². The fourth-order valence-electron chi connectivity index (χ4n) is 1.95. The van der Waals surface area contributed by atoms with E-state index < -0.39 is 17.8 Å². The minimum absolute atomic E-state index is 0.0373. The lowest BCUT2D eigenvalue weighted by atomic mass is 10.1. The molecule has 0 bridgehead atoms. The van der Waals surface area contributed by atoms with Gasteiger partial charge in [-0.25, -0.2) is 4.79 Å². The van der Waals surface area contributed by atoms with Crippen molar-refractivity contribution in [1.29, 1.82) is 0 Å². The number of hydroxylamine groups is 2. The van der Waals surface area contributed by atoms with Crippen LogP contribution in [0.15, 0.2) is 30.3 Å². The first-order chi connectivity index (χ1) is 10.6. The third-order valence-corrected chi connectivity index (χ3v) is 3.11. The van der Waals surface area contributed by atoms with E-state index >= 15 is 0 Å². The van der Waals surface area contributed by atoms with Gasteiger partial charge in [0.2, 0.25) is 5.91 Å². The average molecular weight is 304 g/mol. The van der Waals surface area contributed by atoms with Crippen LogP contribution in [0.3, 0.4) is 0 Å². The highest BCUT2D eigenvalue weighted by Crippen LogP contribution is 2.11. The van der Waals surface area contributed by atoms with E-state index in [0.29, 0.717) is 11.5 Å². The summed E-state index contributed by atoms with van der Waals surface area (Å²) in [5.41, 5.74) is 1.02. The maximum atomic E-state index is 11.6. The summed E-state index contributed by atoms with van der Waals surface area (Å²) in [5, 5.41) is 2.85. The van der Waals surface area contributed by atoms with Crippen LogP contribution >= 0.6 is 0 Å². The number of carbonyl (C=O) groups is 4. The molecule has 0 aliphatic carbocycles. The van der Waals surface area contributed by atoms with Crippen molar-refractivity contribution in [2.75, 3.05) is 6.54 Å². The lowest BCUT2D eigenvalue weighted by molar-refractivity contribution is -0.196. The molecule has 0 saturated carbocycles. The van der Waals surface area contributed by atoms with Crippen LogP contribution in [0.25, 0.3) is 0 Å². The lowest BCUT2D eigenvalue weighted by Crippen LogP contribution is -2.37. The molecule has 0 spiro atoms. The zero-order valence-electron chi connectivity index (χ0n) is 11.9. The number of amides is 3. The predicted molar refractivity (Wildman–Crippen MR) is 75.0 cm³/mol. The van der Waals surface area contributed by atoms with Crippen molar-refractivity contribution in [2.45, 2.75) is 25.7 Å². The number of imide groups is 1. The Labute approximate surface area is 127 Å². The predicted octanol–water partition coefficient (Wildman–Crippen LogP) is 0.343. The van der Waals surface area contributed by atoms with Crippen molar-refractivity contribution in [1.82, 2.24) is 10.4 Å². The fourth-order valence-corrected chi connectivity index (χ4v) is 1.95. The molecule has 0 radical (unpaired) electrons. The zero-order valence-corrected chi connectivity index (χ0v) is 11.9. The number of rotatable bonds is 6. The topological polar surface area (TPSA) is 92.8 Å². The summed E-state index contributed by atoms with van der Waals surface area (Å²) in [5.74, 6) is -2.25. The van der Waals surface area contributed by atoms with Crippen molar-refractivity contribution in [3.05, 3.63) is 35.9 Å². The molecule has 0 unspecified atom stereocenters. The minimum Gasteiger partial charge on any atom is -0.345 e. The molecule has 1 aromatic rings. The zero-order chi connectivity index (χ0) is 15.9. The molecule has 1 fully saturated rings. The first-order valence-electron chi connectivity index (χ1n) is 6.93. The smallest absolute Gasteiger partial charge is 0.345 e. The second-order valence-corrected chi connectivity index (χ2v) is 4.81. The van der Waals surface area contributed by atoms with E-state index in [-0.39, 0.29) is 31.7 Å². The van der Waals surface area contributed by atoms with E-state index in [0.717, 1.165) is 5.56 Å². The van der Waals surface area contributed by atoms with Crippen LogP contribution in [0.4, 0.5) is 0 Å². The van der Waals surface area contributed by atoms with Gasteiger partial charge in [-0.05, 0) is 12.0 Å². The van der Waals surface area contributed by atoms with Crippen LogP contribution in [0.2, 0.25) is 0 Å². The van der Waals surface area contributed by atoms with Crippen LogP contribution in [0.5, 0.6) is 0 Å². The number of nitrogens with zero attached hydrogens (tertiary/aromatic N) is 1. The van der Waals surface area contributed by atoms with Gasteiger partial charge >= 0.3 is 5.97 Å². The Kier molecular flexibility index (Phi) is 5.24. The summed E-state index contributed by atoms with van der Waals surface area (Å²) >= 11 is 0.